The number of hydrogen-bond acceptors (Lipinski definition) is 4. The Balaban J connectivity index is 2.17. The summed E-state index contributed by atoms with van der Waals surface area (Å²) in [5.41, 5.74) is 0.978. The first kappa shape index (κ1) is 9.58. The largest absolute Gasteiger partial charge is 0.373 e. The van der Waals surface area contributed by atoms with Crippen LogP contribution < -0.4 is 5.32 Å². The molecule has 0 bridgehead atoms. The highest BCUT2D eigenvalue weighted by molar-refractivity contribution is 5.32. The van der Waals surface area contributed by atoms with Gasteiger partial charge in [-0.15, -0.1) is 0 Å². The Morgan fingerprint density at radius 2 is 2.07 bits per heavy atom. The second-order valence-electron chi connectivity index (χ2n) is 3.11. The van der Waals surface area contributed by atoms with Crippen LogP contribution in [0.5, 0.6) is 0 Å². The molecular weight excluding hydrogens is 188 g/mol. The average molecular weight is 200 g/mol. The van der Waals surface area contributed by atoms with Crippen molar-refractivity contribution < 1.29 is 0 Å². The molecule has 0 aliphatic heterocycles. The van der Waals surface area contributed by atoms with Gasteiger partial charge in [0, 0.05) is 25.1 Å². The van der Waals surface area contributed by atoms with Crippen molar-refractivity contribution in [2.45, 2.75) is 6.42 Å². The van der Waals surface area contributed by atoms with Crippen LogP contribution in [-0.2, 0) is 6.42 Å². The van der Waals surface area contributed by atoms with Crippen LogP contribution in [0.25, 0.3) is 0 Å². The molecule has 15 heavy (non-hydrogen) atoms. The lowest BCUT2D eigenvalue weighted by Gasteiger charge is -2.02. The summed E-state index contributed by atoms with van der Waals surface area (Å²) in [6, 6.07) is 7.66. The average Bonchev–Trinajstić information content (AvgIpc) is 2.31. The Kier molecular flexibility index (Phi) is 2.88. The van der Waals surface area contributed by atoms with Gasteiger partial charge in [-0.2, -0.15) is 0 Å². The molecule has 0 amide bonds. The van der Waals surface area contributed by atoms with E-state index in [0.29, 0.717) is 6.42 Å². The Labute approximate surface area is 88.4 Å². The van der Waals surface area contributed by atoms with Gasteiger partial charge < -0.3 is 5.32 Å². The second kappa shape index (κ2) is 4.50. The van der Waals surface area contributed by atoms with Gasteiger partial charge in [0.1, 0.15) is 11.6 Å². The van der Waals surface area contributed by atoms with E-state index in [-0.39, 0.29) is 0 Å². The molecule has 0 atom stereocenters. The van der Waals surface area contributed by atoms with Gasteiger partial charge in [0.05, 0.1) is 6.42 Å². The third kappa shape index (κ3) is 2.49. The molecule has 1 N–H and O–H groups in total. The fourth-order valence-electron chi connectivity index (χ4n) is 1.29. The molecule has 0 radical (unpaired) electrons. The SMILES string of the molecule is CNc1ccnc(Cc2ccccn2)n1. The second-order valence-corrected chi connectivity index (χ2v) is 3.11. The number of hydrogen-bond donors (Lipinski definition) is 1. The van der Waals surface area contributed by atoms with Gasteiger partial charge in [-0.05, 0) is 18.2 Å². The van der Waals surface area contributed by atoms with Crippen LogP contribution in [0.2, 0.25) is 0 Å². The van der Waals surface area contributed by atoms with Crippen molar-refractivity contribution >= 4 is 5.82 Å². The van der Waals surface area contributed by atoms with Crippen LogP contribution in [-0.4, -0.2) is 22.0 Å². The van der Waals surface area contributed by atoms with Gasteiger partial charge in [0.15, 0.2) is 0 Å². The number of anilines is 1. The van der Waals surface area contributed by atoms with Crippen molar-refractivity contribution in [1.29, 1.82) is 0 Å². The summed E-state index contributed by atoms with van der Waals surface area (Å²) >= 11 is 0. The van der Waals surface area contributed by atoms with Crippen molar-refractivity contribution in [3.8, 4) is 0 Å². The molecule has 4 heteroatoms. The predicted octanol–water partition coefficient (Wildman–Crippen LogP) is 1.50. The molecule has 0 fully saturated rings. The molecule has 0 aromatic carbocycles. The number of aromatic nitrogens is 3. The van der Waals surface area contributed by atoms with E-state index in [2.05, 4.69) is 20.3 Å². The van der Waals surface area contributed by atoms with Gasteiger partial charge in [-0.1, -0.05) is 6.07 Å². The molecule has 2 heterocycles. The summed E-state index contributed by atoms with van der Waals surface area (Å²) < 4.78 is 0. The molecule has 2 aromatic rings. The Bertz CT molecular complexity index is 428. The summed E-state index contributed by atoms with van der Waals surface area (Å²) in [4.78, 5) is 12.7. The highest BCUT2D eigenvalue weighted by Gasteiger charge is 2.00. The molecule has 0 aliphatic rings. The Morgan fingerprint density at radius 3 is 2.80 bits per heavy atom. The monoisotopic (exact) mass is 200 g/mol. The van der Waals surface area contributed by atoms with Crippen molar-refractivity contribution in [2.24, 2.45) is 0 Å². The topological polar surface area (TPSA) is 50.7 Å². The van der Waals surface area contributed by atoms with Crippen LogP contribution in [0.4, 0.5) is 5.82 Å². The van der Waals surface area contributed by atoms with Crippen LogP contribution in [0, 0.1) is 0 Å². The maximum atomic E-state index is 4.32. The summed E-state index contributed by atoms with van der Waals surface area (Å²) in [6.07, 6.45) is 4.19. The molecule has 0 unspecified atom stereocenters. The summed E-state index contributed by atoms with van der Waals surface area (Å²) in [7, 11) is 1.84. The molecule has 0 aliphatic carbocycles. The molecular formula is C11H12N4. The molecule has 0 saturated heterocycles. The Morgan fingerprint density at radius 1 is 1.13 bits per heavy atom. The summed E-state index contributed by atoms with van der Waals surface area (Å²) in [5, 5.41) is 2.98. The molecule has 0 spiro atoms. The number of nitrogens with zero attached hydrogens (tertiary/aromatic N) is 3. The third-order valence-corrected chi connectivity index (χ3v) is 2.03. The van der Waals surface area contributed by atoms with Gasteiger partial charge in [-0.25, -0.2) is 9.97 Å². The van der Waals surface area contributed by atoms with Gasteiger partial charge in [0.2, 0.25) is 0 Å². The zero-order chi connectivity index (χ0) is 10.5. The van der Waals surface area contributed by atoms with Crippen molar-refractivity contribution in [3.05, 3.63) is 48.2 Å². The van der Waals surface area contributed by atoms with Crippen molar-refractivity contribution in [3.63, 3.8) is 0 Å². The zero-order valence-electron chi connectivity index (χ0n) is 8.51. The first-order valence-electron chi connectivity index (χ1n) is 4.78. The minimum Gasteiger partial charge on any atom is -0.373 e. The summed E-state index contributed by atoms with van der Waals surface area (Å²) in [5.74, 6) is 1.61. The van der Waals surface area contributed by atoms with Gasteiger partial charge in [-0.3, -0.25) is 4.98 Å². The molecule has 2 aromatic heterocycles. The van der Waals surface area contributed by atoms with E-state index in [1.54, 1.807) is 12.4 Å². The number of rotatable bonds is 3. The third-order valence-electron chi connectivity index (χ3n) is 2.03. The van der Waals surface area contributed by atoms with E-state index in [1.165, 1.54) is 0 Å². The lowest BCUT2D eigenvalue weighted by molar-refractivity contribution is 0.937. The van der Waals surface area contributed by atoms with E-state index in [0.717, 1.165) is 17.3 Å². The van der Waals surface area contributed by atoms with Gasteiger partial charge >= 0.3 is 0 Å². The quantitative estimate of drug-likeness (QED) is 0.815. The maximum Gasteiger partial charge on any atom is 0.136 e. The highest BCUT2D eigenvalue weighted by Crippen LogP contribution is 2.05. The van der Waals surface area contributed by atoms with E-state index in [4.69, 9.17) is 0 Å². The van der Waals surface area contributed by atoms with Crippen LogP contribution in [0.1, 0.15) is 11.5 Å². The van der Waals surface area contributed by atoms with Crippen LogP contribution in [0.15, 0.2) is 36.7 Å². The van der Waals surface area contributed by atoms with Crippen LogP contribution in [0.3, 0.4) is 0 Å². The minimum absolute atomic E-state index is 0.663. The van der Waals surface area contributed by atoms with Crippen molar-refractivity contribution in [2.75, 3.05) is 12.4 Å². The number of pyridine rings is 1. The number of nitrogens with one attached hydrogen (secondary N) is 1. The maximum absolute atomic E-state index is 4.32. The van der Waals surface area contributed by atoms with E-state index in [9.17, 15) is 0 Å². The molecule has 2 rings (SSSR count). The van der Waals surface area contributed by atoms with E-state index < -0.39 is 0 Å². The Hall–Kier alpha value is -1.97. The molecule has 0 saturated carbocycles. The van der Waals surface area contributed by atoms with E-state index in [1.807, 2.05) is 31.3 Å². The van der Waals surface area contributed by atoms with Crippen molar-refractivity contribution in [1.82, 2.24) is 15.0 Å². The van der Waals surface area contributed by atoms with E-state index >= 15 is 0 Å². The first-order chi connectivity index (χ1) is 7.38. The highest BCUT2D eigenvalue weighted by atomic mass is 15.0. The van der Waals surface area contributed by atoms with Gasteiger partial charge in [0.25, 0.3) is 0 Å². The fourth-order valence-corrected chi connectivity index (χ4v) is 1.29. The molecule has 4 nitrogen and oxygen atoms in total. The standard InChI is InChI=1S/C11H12N4/c1-12-10-5-7-14-11(15-10)8-9-4-2-3-6-13-9/h2-7H,8H2,1H3,(H,12,14,15). The summed E-state index contributed by atoms with van der Waals surface area (Å²) in [6.45, 7) is 0. The predicted molar refractivity (Wildman–Crippen MR) is 58.6 cm³/mol. The fraction of sp³-hybridized carbons (Fsp3) is 0.182. The smallest absolute Gasteiger partial charge is 0.136 e. The lowest BCUT2D eigenvalue weighted by atomic mass is 10.2. The van der Waals surface area contributed by atoms with Crippen LogP contribution >= 0.6 is 0 Å². The minimum atomic E-state index is 0.663. The lowest BCUT2D eigenvalue weighted by Crippen LogP contribution is -2.01. The normalized spacial score (nSPS) is 9.93. The molecule has 76 valence electrons. The zero-order valence-corrected chi connectivity index (χ0v) is 8.51. The first-order valence-corrected chi connectivity index (χ1v) is 4.78.